The largest absolute Gasteiger partial charge is 0.374 e. The van der Waals surface area contributed by atoms with E-state index in [2.05, 4.69) is 38.0 Å². The van der Waals surface area contributed by atoms with Crippen LogP contribution in [0.5, 0.6) is 0 Å². The molecule has 0 aromatic heterocycles. The van der Waals surface area contributed by atoms with Gasteiger partial charge in [0.05, 0.1) is 12.7 Å². The molecule has 3 unspecified atom stereocenters. The first-order chi connectivity index (χ1) is 6.63. The molecule has 3 atom stereocenters. The first-order valence-corrected chi connectivity index (χ1v) is 5.69. The van der Waals surface area contributed by atoms with Crippen LogP contribution in [-0.4, -0.2) is 49.8 Å². The lowest BCUT2D eigenvalue weighted by Crippen LogP contribution is -2.51. The van der Waals surface area contributed by atoms with Crippen molar-refractivity contribution in [2.75, 3.05) is 26.7 Å². The Bertz CT molecular complexity index is 163. The normalized spacial score (nSPS) is 28.7. The van der Waals surface area contributed by atoms with Crippen LogP contribution in [0.2, 0.25) is 0 Å². The summed E-state index contributed by atoms with van der Waals surface area (Å²) in [6, 6.07) is 1.04. The number of morpholine rings is 1. The molecule has 1 saturated heterocycles. The van der Waals surface area contributed by atoms with Crippen LogP contribution < -0.4 is 5.32 Å². The van der Waals surface area contributed by atoms with Crippen LogP contribution >= 0.6 is 0 Å². The highest BCUT2D eigenvalue weighted by atomic mass is 16.5. The summed E-state index contributed by atoms with van der Waals surface area (Å²) in [6.45, 7) is 9.63. The maximum atomic E-state index is 5.75. The second-order valence-electron chi connectivity index (χ2n) is 4.44. The summed E-state index contributed by atoms with van der Waals surface area (Å²) < 4.78 is 5.75. The molecular formula is C11H24N2O. The van der Waals surface area contributed by atoms with E-state index in [4.69, 9.17) is 4.74 Å². The van der Waals surface area contributed by atoms with Crippen LogP contribution in [0.25, 0.3) is 0 Å². The van der Waals surface area contributed by atoms with Gasteiger partial charge in [0.25, 0.3) is 0 Å². The summed E-state index contributed by atoms with van der Waals surface area (Å²) >= 11 is 0. The first kappa shape index (κ1) is 12.0. The van der Waals surface area contributed by atoms with Crippen molar-refractivity contribution < 1.29 is 4.74 Å². The second kappa shape index (κ2) is 5.69. The minimum atomic E-state index is 0.350. The third-order valence-corrected chi connectivity index (χ3v) is 3.01. The zero-order valence-electron chi connectivity index (χ0n) is 9.92. The van der Waals surface area contributed by atoms with E-state index in [1.165, 1.54) is 6.42 Å². The predicted octanol–water partition coefficient (Wildman–Crippen LogP) is 1.09. The fourth-order valence-corrected chi connectivity index (χ4v) is 1.79. The average Bonchev–Trinajstić information content (AvgIpc) is 2.17. The van der Waals surface area contributed by atoms with E-state index in [0.29, 0.717) is 18.2 Å². The summed E-state index contributed by atoms with van der Waals surface area (Å²) in [7, 11) is 2.16. The Morgan fingerprint density at radius 2 is 2.21 bits per heavy atom. The Kier molecular flexibility index (Phi) is 4.85. The smallest absolute Gasteiger partial charge is 0.0852 e. The number of hydrogen-bond acceptors (Lipinski definition) is 3. The summed E-state index contributed by atoms with van der Waals surface area (Å²) in [5.41, 5.74) is 0. The molecule has 1 heterocycles. The van der Waals surface area contributed by atoms with E-state index in [9.17, 15) is 0 Å². The molecule has 0 spiro atoms. The SMILES string of the molecule is CCC(C)NC(C)C1CN(C)CCO1. The van der Waals surface area contributed by atoms with Gasteiger partial charge in [0.15, 0.2) is 0 Å². The van der Waals surface area contributed by atoms with E-state index in [0.717, 1.165) is 19.7 Å². The topological polar surface area (TPSA) is 24.5 Å². The highest BCUT2D eigenvalue weighted by molar-refractivity contribution is 4.80. The van der Waals surface area contributed by atoms with Crippen LogP contribution in [0.3, 0.4) is 0 Å². The van der Waals surface area contributed by atoms with Gasteiger partial charge in [0.2, 0.25) is 0 Å². The third-order valence-electron chi connectivity index (χ3n) is 3.01. The van der Waals surface area contributed by atoms with Crippen molar-refractivity contribution in [2.24, 2.45) is 0 Å². The number of nitrogens with one attached hydrogen (secondary N) is 1. The van der Waals surface area contributed by atoms with Gasteiger partial charge in [-0.2, -0.15) is 0 Å². The molecule has 1 rings (SSSR count). The maximum Gasteiger partial charge on any atom is 0.0852 e. The Labute approximate surface area is 87.8 Å². The van der Waals surface area contributed by atoms with Crippen molar-refractivity contribution in [3.63, 3.8) is 0 Å². The molecule has 3 nitrogen and oxygen atoms in total. The van der Waals surface area contributed by atoms with Crippen LogP contribution in [0.1, 0.15) is 27.2 Å². The molecule has 14 heavy (non-hydrogen) atoms. The van der Waals surface area contributed by atoms with Gasteiger partial charge in [-0.25, -0.2) is 0 Å². The van der Waals surface area contributed by atoms with Crippen LogP contribution in [0, 0.1) is 0 Å². The van der Waals surface area contributed by atoms with Crippen LogP contribution in [-0.2, 0) is 4.74 Å². The lowest BCUT2D eigenvalue weighted by atomic mass is 10.1. The Hall–Kier alpha value is -0.120. The average molecular weight is 200 g/mol. The van der Waals surface area contributed by atoms with Crippen molar-refractivity contribution >= 4 is 0 Å². The monoisotopic (exact) mass is 200 g/mol. The highest BCUT2D eigenvalue weighted by Gasteiger charge is 2.23. The van der Waals surface area contributed by atoms with E-state index in [-0.39, 0.29) is 0 Å². The molecule has 1 aliphatic heterocycles. The molecule has 0 radical (unpaired) electrons. The van der Waals surface area contributed by atoms with Crippen molar-refractivity contribution in [2.45, 2.75) is 45.4 Å². The molecule has 0 aromatic rings. The van der Waals surface area contributed by atoms with Crippen molar-refractivity contribution in [3.8, 4) is 0 Å². The molecular weight excluding hydrogens is 176 g/mol. The molecule has 0 saturated carbocycles. The molecule has 0 bridgehead atoms. The molecule has 0 aliphatic carbocycles. The molecule has 1 N–H and O–H groups in total. The summed E-state index contributed by atoms with van der Waals surface area (Å²) in [6.07, 6.45) is 1.52. The fraction of sp³-hybridized carbons (Fsp3) is 1.00. The quantitative estimate of drug-likeness (QED) is 0.735. The molecule has 84 valence electrons. The Morgan fingerprint density at radius 3 is 2.79 bits per heavy atom. The molecule has 0 aromatic carbocycles. The molecule has 3 heteroatoms. The number of rotatable bonds is 4. The lowest BCUT2D eigenvalue weighted by molar-refractivity contribution is -0.0368. The predicted molar refractivity (Wildman–Crippen MR) is 59.6 cm³/mol. The van der Waals surface area contributed by atoms with Gasteiger partial charge in [-0.05, 0) is 27.3 Å². The first-order valence-electron chi connectivity index (χ1n) is 5.69. The van der Waals surface area contributed by atoms with Gasteiger partial charge in [0.1, 0.15) is 0 Å². The third kappa shape index (κ3) is 3.56. The summed E-state index contributed by atoms with van der Waals surface area (Å²) in [5, 5.41) is 3.57. The second-order valence-corrected chi connectivity index (χ2v) is 4.44. The Morgan fingerprint density at radius 1 is 1.50 bits per heavy atom. The van der Waals surface area contributed by atoms with Crippen LogP contribution in [0.4, 0.5) is 0 Å². The maximum absolute atomic E-state index is 5.75. The van der Waals surface area contributed by atoms with Crippen LogP contribution in [0.15, 0.2) is 0 Å². The minimum Gasteiger partial charge on any atom is -0.374 e. The fourth-order valence-electron chi connectivity index (χ4n) is 1.79. The van der Waals surface area contributed by atoms with Crippen molar-refractivity contribution in [1.82, 2.24) is 10.2 Å². The Balaban J connectivity index is 2.31. The number of ether oxygens (including phenoxy) is 1. The highest BCUT2D eigenvalue weighted by Crippen LogP contribution is 2.08. The van der Waals surface area contributed by atoms with Gasteiger partial charge in [-0.15, -0.1) is 0 Å². The number of hydrogen-bond donors (Lipinski definition) is 1. The number of nitrogens with zero attached hydrogens (tertiary/aromatic N) is 1. The van der Waals surface area contributed by atoms with Gasteiger partial charge in [0, 0.05) is 25.2 Å². The molecule has 1 fully saturated rings. The zero-order chi connectivity index (χ0) is 10.6. The number of likely N-dealkylation sites (N-methyl/N-ethyl adjacent to an activating group) is 1. The molecule has 1 aliphatic rings. The van der Waals surface area contributed by atoms with E-state index in [1.54, 1.807) is 0 Å². The van der Waals surface area contributed by atoms with E-state index in [1.807, 2.05) is 0 Å². The molecule has 0 amide bonds. The van der Waals surface area contributed by atoms with E-state index >= 15 is 0 Å². The van der Waals surface area contributed by atoms with Crippen molar-refractivity contribution in [3.05, 3.63) is 0 Å². The van der Waals surface area contributed by atoms with Gasteiger partial charge < -0.3 is 15.0 Å². The van der Waals surface area contributed by atoms with Gasteiger partial charge in [-0.1, -0.05) is 6.92 Å². The van der Waals surface area contributed by atoms with Gasteiger partial charge in [-0.3, -0.25) is 0 Å². The van der Waals surface area contributed by atoms with Crippen molar-refractivity contribution in [1.29, 1.82) is 0 Å². The summed E-state index contributed by atoms with van der Waals surface area (Å²) in [5.74, 6) is 0. The van der Waals surface area contributed by atoms with Gasteiger partial charge >= 0.3 is 0 Å². The zero-order valence-corrected chi connectivity index (χ0v) is 9.92. The summed E-state index contributed by atoms with van der Waals surface area (Å²) in [4.78, 5) is 2.34. The standard InChI is InChI=1S/C11H24N2O/c1-5-9(2)12-10(3)11-8-13(4)6-7-14-11/h9-12H,5-8H2,1-4H3. The minimum absolute atomic E-state index is 0.350. The lowest BCUT2D eigenvalue weighted by Gasteiger charge is -2.35. The van der Waals surface area contributed by atoms with E-state index < -0.39 is 0 Å².